The van der Waals surface area contributed by atoms with Crippen LogP contribution in [0.5, 0.6) is 0 Å². The van der Waals surface area contributed by atoms with Crippen molar-refractivity contribution in [3.63, 3.8) is 0 Å². The third-order valence-electron chi connectivity index (χ3n) is 8.78. The molecule has 1 spiro atoms. The van der Waals surface area contributed by atoms with Crippen molar-refractivity contribution in [2.75, 3.05) is 59.0 Å². The van der Waals surface area contributed by atoms with Crippen LogP contribution in [0.2, 0.25) is 0 Å². The topological polar surface area (TPSA) is 74.3 Å². The maximum Gasteiger partial charge on any atom is 0.245 e. The second-order valence-corrected chi connectivity index (χ2v) is 13.0. The van der Waals surface area contributed by atoms with Crippen LogP contribution in [0.15, 0.2) is 0 Å². The first-order valence-corrected chi connectivity index (χ1v) is 15.0. The largest absolute Gasteiger partial charge is 0.349 e. The molecule has 4 rings (SSSR count). The van der Waals surface area contributed by atoms with Crippen molar-refractivity contribution in [1.29, 1.82) is 0 Å². The maximum absolute atomic E-state index is 13.8. The standard InChI is InChI=1S/C29H52N4O4/c1-21(2)16-25-27(34)33(15-10-30-25)26(17-22(3)4)28(35)32-13-8-29(9-14-32)36-19-24(20-37-29)18-31-11-6-23(5)7-12-31/h21-26,30H,6-20H2,1-5H3/t25-,26-/m0/s1. The predicted octanol–water partition coefficient (Wildman–Crippen LogP) is 2.96. The Kier molecular flexibility index (Phi) is 9.92. The molecule has 4 aliphatic rings. The Morgan fingerprint density at radius 3 is 2.24 bits per heavy atom. The molecule has 0 aromatic carbocycles. The number of hydrogen-bond donors (Lipinski definition) is 1. The summed E-state index contributed by atoms with van der Waals surface area (Å²) in [5, 5.41) is 3.37. The zero-order chi connectivity index (χ0) is 26.6. The Balaban J connectivity index is 1.30. The lowest BCUT2D eigenvalue weighted by Crippen LogP contribution is -2.63. The van der Waals surface area contributed by atoms with Crippen LogP contribution in [0.3, 0.4) is 0 Å². The number of hydrogen-bond acceptors (Lipinski definition) is 6. The third kappa shape index (κ3) is 7.46. The molecule has 8 heteroatoms. The Morgan fingerprint density at radius 1 is 1.00 bits per heavy atom. The summed E-state index contributed by atoms with van der Waals surface area (Å²) < 4.78 is 12.7. The first-order chi connectivity index (χ1) is 17.7. The Morgan fingerprint density at radius 2 is 1.65 bits per heavy atom. The van der Waals surface area contributed by atoms with Gasteiger partial charge in [-0.15, -0.1) is 0 Å². The van der Waals surface area contributed by atoms with Gasteiger partial charge in [-0.1, -0.05) is 34.6 Å². The molecule has 0 aromatic rings. The van der Waals surface area contributed by atoms with Crippen molar-refractivity contribution in [2.45, 2.75) is 91.0 Å². The van der Waals surface area contributed by atoms with Crippen LogP contribution in [0.4, 0.5) is 0 Å². The van der Waals surface area contributed by atoms with Crippen molar-refractivity contribution < 1.29 is 19.1 Å². The molecule has 0 radical (unpaired) electrons. The van der Waals surface area contributed by atoms with Gasteiger partial charge in [-0.3, -0.25) is 9.59 Å². The van der Waals surface area contributed by atoms with Crippen molar-refractivity contribution in [3.05, 3.63) is 0 Å². The van der Waals surface area contributed by atoms with Crippen LogP contribution >= 0.6 is 0 Å². The summed E-state index contributed by atoms with van der Waals surface area (Å²) in [7, 11) is 0. The fourth-order valence-electron chi connectivity index (χ4n) is 6.44. The van der Waals surface area contributed by atoms with E-state index in [1.165, 1.54) is 25.9 Å². The summed E-state index contributed by atoms with van der Waals surface area (Å²) in [6.07, 6.45) is 5.48. The van der Waals surface area contributed by atoms with E-state index in [2.05, 4.69) is 44.8 Å². The first-order valence-electron chi connectivity index (χ1n) is 15.0. The number of piperazine rings is 1. The molecule has 0 saturated carbocycles. The highest BCUT2D eigenvalue weighted by atomic mass is 16.7. The fourth-order valence-corrected chi connectivity index (χ4v) is 6.44. The SMILES string of the molecule is CC(C)C[C@@H]1NCCN([C@@H](CC(C)C)C(=O)N2CCC3(CC2)OCC(CN2CCC(C)CC2)CO3)C1=O. The minimum Gasteiger partial charge on any atom is -0.349 e. The van der Waals surface area contributed by atoms with Crippen molar-refractivity contribution >= 4 is 11.8 Å². The smallest absolute Gasteiger partial charge is 0.245 e. The number of nitrogens with zero attached hydrogens (tertiary/aromatic N) is 3. The van der Waals surface area contributed by atoms with Gasteiger partial charge in [0.05, 0.1) is 19.3 Å². The summed E-state index contributed by atoms with van der Waals surface area (Å²) >= 11 is 0. The summed E-state index contributed by atoms with van der Waals surface area (Å²) in [5.74, 6) is 1.66. The highest BCUT2D eigenvalue weighted by molar-refractivity contribution is 5.90. The van der Waals surface area contributed by atoms with E-state index in [-0.39, 0.29) is 23.9 Å². The average molecular weight is 521 g/mol. The van der Waals surface area contributed by atoms with Gasteiger partial charge >= 0.3 is 0 Å². The zero-order valence-electron chi connectivity index (χ0n) is 24.0. The lowest BCUT2D eigenvalue weighted by atomic mass is 9.95. The molecule has 1 N–H and O–H groups in total. The van der Waals surface area contributed by atoms with Gasteiger partial charge in [-0.05, 0) is 56.5 Å². The highest BCUT2D eigenvalue weighted by Gasteiger charge is 2.44. The van der Waals surface area contributed by atoms with Crippen molar-refractivity contribution in [2.24, 2.45) is 23.7 Å². The number of ether oxygens (including phenoxy) is 2. The number of carbonyl (C=O) groups excluding carboxylic acids is 2. The number of carbonyl (C=O) groups is 2. The van der Waals surface area contributed by atoms with E-state index in [4.69, 9.17) is 9.47 Å². The molecule has 4 fully saturated rings. The van der Waals surface area contributed by atoms with E-state index in [0.29, 0.717) is 56.7 Å². The van der Waals surface area contributed by atoms with E-state index >= 15 is 0 Å². The van der Waals surface area contributed by atoms with Gasteiger partial charge in [0, 0.05) is 51.5 Å². The molecular formula is C29H52N4O4. The first kappa shape index (κ1) is 28.8. The molecule has 212 valence electrons. The highest BCUT2D eigenvalue weighted by Crippen LogP contribution is 2.33. The van der Waals surface area contributed by atoms with E-state index in [1.54, 1.807) is 0 Å². The van der Waals surface area contributed by atoms with Gasteiger partial charge in [-0.2, -0.15) is 0 Å². The van der Waals surface area contributed by atoms with Gasteiger partial charge in [0.2, 0.25) is 11.8 Å². The van der Waals surface area contributed by atoms with E-state index in [0.717, 1.165) is 38.6 Å². The van der Waals surface area contributed by atoms with E-state index < -0.39 is 5.79 Å². The van der Waals surface area contributed by atoms with Gasteiger partial charge in [0.1, 0.15) is 6.04 Å². The molecule has 0 aromatic heterocycles. The number of nitrogens with one attached hydrogen (secondary N) is 1. The van der Waals surface area contributed by atoms with Gasteiger partial charge in [0.15, 0.2) is 5.79 Å². The molecule has 37 heavy (non-hydrogen) atoms. The van der Waals surface area contributed by atoms with Crippen LogP contribution in [0.25, 0.3) is 0 Å². The normalized spacial score (nSPS) is 27.4. The minimum absolute atomic E-state index is 0.0839. The molecule has 0 aliphatic carbocycles. The lowest BCUT2D eigenvalue weighted by Gasteiger charge is -2.47. The molecule has 8 nitrogen and oxygen atoms in total. The quantitative estimate of drug-likeness (QED) is 0.531. The Hall–Kier alpha value is -1.22. The number of rotatable bonds is 8. The predicted molar refractivity (Wildman–Crippen MR) is 145 cm³/mol. The summed E-state index contributed by atoms with van der Waals surface area (Å²) in [5.41, 5.74) is 0. The molecule has 0 bridgehead atoms. The number of piperidine rings is 2. The Labute approximate surface area is 224 Å². The van der Waals surface area contributed by atoms with Crippen LogP contribution in [0.1, 0.15) is 73.1 Å². The zero-order valence-corrected chi connectivity index (χ0v) is 24.0. The average Bonchev–Trinajstić information content (AvgIpc) is 2.87. The number of amides is 2. The van der Waals surface area contributed by atoms with E-state index in [1.807, 2.05) is 9.80 Å². The fraction of sp³-hybridized carbons (Fsp3) is 0.931. The monoisotopic (exact) mass is 520 g/mol. The van der Waals surface area contributed by atoms with Gasteiger partial charge in [0.25, 0.3) is 0 Å². The Bertz CT molecular complexity index is 749. The summed E-state index contributed by atoms with van der Waals surface area (Å²) in [4.78, 5) is 33.5. The molecule has 2 amide bonds. The second kappa shape index (κ2) is 12.8. The van der Waals surface area contributed by atoms with Crippen LogP contribution in [-0.2, 0) is 19.1 Å². The van der Waals surface area contributed by atoms with Gasteiger partial charge in [-0.25, -0.2) is 0 Å². The lowest BCUT2D eigenvalue weighted by molar-refractivity contribution is -0.298. The molecule has 4 heterocycles. The summed E-state index contributed by atoms with van der Waals surface area (Å²) in [6.45, 7) is 18.4. The molecular weight excluding hydrogens is 468 g/mol. The second-order valence-electron chi connectivity index (χ2n) is 13.0. The minimum atomic E-state index is -0.551. The summed E-state index contributed by atoms with van der Waals surface area (Å²) in [6, 6.07) is -0.575. The maximum atomic E-state index is 13.8. The number of likely N-dealkylation sites (tertiary alicyclic amines) is 2. The van der Waals surface area contributed by atoms with Gasteiger partial charge < -0.3 is 29.5 Å². The van der Waals surface area contributed by atoms with Crippen LogP contribution < -0.4 is 5.32 Å². The van der Waals surface area contributed by atoms with E-state index in [9.17, 15) is 9.59 Å². The van der Waals surface area contributed by atoms with Crippen molar-refractivity contribution in [1.82, 2.24) is 20.0 Å². The molecule has 4 aliphatic heterocycles. The van der Waals surface area contributed by atoms with Crippen LogP contribution in [0, 0.1) is 23.7 Å². The van der Waals surface area contributed by atoms with Crippen molar-refractivity contribution in [3.8, 4) is 0 Å². The molecule has 0 unspecified atom stereocenters. The molecule has 2 atom stereocenters. The van der Waals surface area contributed by atoms with Crippen LogP contribution in [-0.4, -0.2) is 103 Å². The molecule has 4 saturated heterocycles. The third-order valence-corrected chi connectivity index (χ3v) is 8.78.